The van der Waals surface area contributed by atoms with E-state index in [0.29, 0.717) is 71.9 Å². The Morgan fingerprint density at radius 1 is 0.361 bits per heavy atom. The monoisotopic (exact) mass is 1710 g/mol. The SMILES string of the molecule is C=Cc1cccc(COc2ccc(C)cc2C)c1NC(=S)CC.CCC(=S)Nc1cc(C(F)(F)F)ccc1COc1ccc(C)cc1C.CCC(=S)Nc1cc(C(F)F)ccc1COc1ccc(C)cc1C.CCC(=S)Nc1cc(OC)ccc1COc1ccc(C)cc1C.CCOc1ccc(COc2ccc(C)cc2C)c(NC(=S)CC)c1. The summed E-state index contributed by atoms with van der Waals surface area (Å²) in [7, 11) is 1.66. The summed E-state index contributed by atoms with van der Waals surface area (Å²) in [5.41, 5.74) is 20.0. The van der Waals surface area contributed by atoms with E-state index in [9.17, 15) is 22.0 Å². The van der Waals surface area contributed by atoms with Gasteiger partial charge in [-0.05, 0) is 214 Å². The van der Waals surface area contributed by atoms with E-state index in [4.69, 9.17) is 94.2 Å². The number of hydrogen-bond donors (Lipinski definition) is 5. The lowest BCUT2D eigenvalue weighted by molar-refractivity contribution is -0.137. The van der Waals surface area contributed by atoms with Gasteiger partial charge in [-0.15, -0.1) is 0 Å². The predicted molar refractivity (Wildman–Crippen MR) is 504 cm³/mol. The molecule has 0 fully saturated rings. The van der Waals surface area contributed by atoms with Gasteiger partial charge in [-0.25, -0.2) is 8.78 Å². The molecule has 0 aliphatic carbocycles. The summed E-state index contributed by atoms with van der Waals surface area (Å²) in [6.45, 7) is 38.6. The normalized spacial score (nSPS) is 10.6. The number of rotatable bonds is 30. The van der Waals surface area contributed by atoms with Gasteiger partial charge in [-0.3, -0.25) is 0 Å². The lowest BCUT2D eigenvalue weighted by Gasteiger charge is -2.16. The van der Waals surface area contributed by atoms with Crippen LogP contribution in [0.15, 0.2) is 189 Å². The Morgan fingerprint density at radius 3 is 0.992 bits per heavy atom. The Labute approximate surface area is 728 Å². The topological polar surface area (TPSA) is 125 Å². The lowest BCUT2D eigenvalue weighted by atomic mass is 10.1. The summed E-state index contributed by atoms with van der Waals surface area (Å²) in [4.78, 5) is 3.50. The van der Waals surface area contributed by atoms with Gasteiger partial charge in [0.15, 0.2) is 0 Å². The van der Waals surface area contributed by atoms with Crippen LogP contribution in [0, 0.1) is 69.2 Å². The number of thiocarbonyl (C=S) groups is 5. The van der Waals surface area contributed by atoms with E-state index in [1.54, 1.807) is 13.2 Å². The van der Waals surface area contributed by atoms with E-state index in [1.807, 2.05) is 178 Å². The standard InChI is InChI=1S/C20H25NO2S.C20H23NOS.C19H20F3NOS.C19H21F2NOS.C19H23NO2S/c1-5-20(24)21-18-12-17(22-6-2)9-8-16(18)13-23-19-10-7-14(3)11-15(19)4;1-5-16-8-7-9-17(20(16)21-19(23)6-2)13-22-18-11-10-14(3)12-15(18)4;1-4-18(25)23-16-10-15(19(20,21)22)7-6-14(16)11-24-17-8-5-12(2)9-13(17)3;1-4-18(24)22-16-10-14(19(20)21)6-7-15(16)11-23-17-8-5-12(2)9-13(17)3;1-5-19(23)20-17-11-16(21-4)8-7-15(17)12-22-18-9-6-13(2)10-14(18)3/h7-12H,5-6,13H2,1-4H3,(H,21,24);5,7-12H,1,6,13H2,2-4H3,(H,21,23);5-10H,4,11H2,1-3H3,(H,23,25);5-10,19H,4,11H2,1-3H3,(H,22,24);6-11H,5,12H2,1-4H3,(H,20,23). The van der Waals surface area contributed by atoms with E-state index in [1.165, 1.54) is 34.9 Å². The van der Waals surface area contributed by atoms with E-state index in [-0.39, 0.29) is 18.8 Å². The molecule has 0 aliphatic heterocycles. The number of benzene rings is 10. The summed E-state index contributed by atoms with van der Waals surface area (Å²) >= 11 is 26.2. The molecule has 0 saturated carbocycles. The summed E-state index contributed by atoms with van der Waals surface area (Å²) in [6, 6.07) is 56.3. The minimum absolute atomic E-state index is 0.0355. The molecule has 10 aromatic rings. The first-order valence-electron chi connectivity index (χ1n) is 39.5. The van der Waals surface area contributed by atoms with Crippen LogP contribution in [0.5, 0.6) is 40.2 Å². The van der Waals surface area contributed by atoms with Crippen LogP contribution >= 0.6 is 61.1 Å². The van der Waals surface area contributed by atoms with Crippen molar-refractivity contribution >= 4 is 121 Å². The molecule has 0 unspecified atom stereocenters. The molecule has 0 atom stereocenters. The summed E-state index contributed by atoms with van der Waals surface area (Å²) in [6.07, 6.45) is -1.50. The highest BCUT2D eigenvalue weighted by atomic mass is 32.1. The molecule has 0 aliphatic rings. The van der Waals surface area contributed by atoms with Crippen LogP contribution in [0.2, 0.25) is 0 Å². The molecule has 0 spiro atoms. The van der Waals surface area contributed by atoms with Gasteiger partial charge < -0.3 is 59.7 Å². The lowest BCUT2D eigenvalue weighted by Crippen LogP contribution is -2.13. The molecule has 0 amide bonds. The second-order valence-electron chi connectivity index (χ2n) is 28.2. The van der Waals surface area contributed by atoms with Crippen LogP contribution in [0.4, 0.5) is 50.4 Å². The Morgan fingerprint density at radius 2 is 0.672 bits per heavy atom. The second kappa shape index (κ2) is 49.3. The maximum absolute atomic E-state index is 13.0. The number of ether oxygens (including phenoxy) is 7. The zero-order valence-corrected chi connectivity index (χ0v) is 75.3. The van der Waals surface area contributed by atoms with Crippen molar-refractivity contribution < 1.29 is 55.1 Å². The van der Waals surface area contributed by atoms with Crippen molar-refractivity contribution in [3.8, 4) is 40.2 Å². The number of methoxy groups -OCH3 is 1. The van der Waals surface area contributed by atoms with Crippen LogP contribution in [-0.2, 0) is 39.2 Å². The van der Waals surface area contributed by atoms with Crippen molar-refractivity contribution in [1.29, 1.82) is 0 Å². The highest BCUT2D eigenvalue weighted by Gasteiger charge is 2.31. The molecule has 0 bridgehead atoms. The van der Waals surface area contributed by atoms with Crippen molar-refractivity contribution in [2.24, 2.45) is 0 Å². The number of para-hydroxylation sites is 1. The molecule has 5 N–H and O–H groups in total. The number of anilines is 5. The second-order valence-corrected chi connectivity index (χ2v) is 30.7. The summed E-state index contributed by atoms with van der Waals surface area (Å²) in [5.74, 6) is 5.81. The number of aryl methyl sites for hydroxylation is 10. The summed E-state index contributed by atoms with van der Waals surface area (Å²) < 4.78 is 105. The molecule has 10 aromatic carbocycles. The molecule has 0 heterocycles. The Kier molecular flexibility index (Phi) is 40.3. The smallest absolute Gasteiger partial charge is 0.416 e. The molecule has 22 heteroatoms. The molecule has 0 radical (unpaired) electrons. The number of alkyl halides is 5. The Bertz CT molecular complexity index is 5090. The van der Waals surface area contributed by atoms with E-state index in [0.717, 1.165) is 165 Å². The third-order valence-corrected chi connectivity index (χ3v) is 20.4. The van der Waals surface area contributed by atoms with Gasteiger partial charge in [0.1, 0.15) is 73.3 Å². The van der Waals surface area contributed by atoms with Crippen molar-refractivity contribution in [2.45, 2.75) is 189 Å². The highest BCUT2D eigenvalue weighted by Crippen LogP contribution is 2.36. The average molecular weight is 1720 g/mol. The average Bonchev–Trinajstić information content (AvgIpc) is 0.839. The first-order valence-corrected chi connectivity index (χ1v) is 41.5. The third-order valence-electron chi connectivity index (χ3n) is 18.5. The van der Waals surface area contributed by atoms with E-state index >= 15 is 0 Å². The van der Waals surface area contributed by atoms with Gasteiger partial charge in [-0.2, -0.15) is 13.2 Å². The zero-order chi connectivity index (χ0) is 87.5. The number of halogens is 5. The molecule has 0 aromatic heterocycles. The molecular weight excluding hydrogens is 1600 g/mol. The first kappa shape index (κ1) is 97.5. The fourth-order valence-electron chi connectivity index (χ4n) is 11.8. The molecule has 0 saturated heterocycles. The molecule has 119 heavy (non-hydrogen) atoms. The third kappa shape index (κ3) is 32.4. The molecule has 632 valence electrons. The van der Waals surface area contributed by atoms with Gasteiger partial charge in [0, 0.05) is 68.3 Å². The maximum atomic E-state index is 13.0. The van der Waals surface area contributed by atoms with Crippen LogP contribution in [-0.4, -0.2) is 38.7 Å². The van der Waals surface area contributed by atoms with Crippen molar-refractivity contribution in [2.75, 3.05) is 40.3 Å². The largest absolute Gasteiger partial charge is 0.497 e. The van der Waals surface area contributed by atoms with Gasteiger partial charge in [0.25, 0.3) is 6.43 Å². The number of hydrogen-bond acceptors (Lipinski definition) is 12. The van der Waals surface area contributed by atoms with Crippen molar-refractivity contribution in [1.82, 2.24) is 0 Å². The fourth-order valence-corrected chi connectivity index (χ4v) is 12.3. The van der Waals surface area contributed by atoms with Crippen LogP contribution in [0.25, 0.3) is 6.08 Å². The summed E-state index contributed by atoms with van der Waals surface area (Å²) in [5, 5.41) is 15.8. The minimum atomic E-state index is -4.41. The minimum Gasteiger partial charge on any atom is -0.497 e. The van der Waals surface area contributed by atoms with Crippen LogP contribution in [0.1, 0.15) is 180 Å². The van der Waals surface area contributed by atoms with Crippen LogP contribution < -0.4 is 59.7 Å². The molecule has 12 nitrogen and oxygen atoms in total. The Balaban J connectivity index is 0.000000231. The van der Waals surface area contributed by atoms with Gasteiger partial charge in [0.05, 0.1) is 49.9 Å². The predicted octanol–water partition coefficient (Wildman–Crippen LogP) is 28.2. The molecular formula is C97H112F5N5O7S5. The first-order chi connectivity index (χ1) is 56.7. The zero-order valence-electron chi connectivity index (χ0n) is 71.2. The maximum Gasteiger partial charge on any atom is 0.416 e. The van der Waals surface area contributed by atoms with Crippen molar-refractivity contribution in [3.05, 3.63) is 289 Å². The molecule has 10 rings (SSSR count). The highest BCUT2D eigenvalue weighted by molar-refractivity contribution is 7.81. The van der Waals surface area contributed by atoms with Gasteiger partial charge >= 0.3 is 6.18 Å². The van der Waals surface area contributed by atoms with Gasteiger partial charge in [-0.1, -0.05) is 233 Å². The Hall–Kier alpha value is -10.4. The van der Waals surface area contributed by atoms with Gasteiger partial charge in [0.2, 0.25) is 0 Å². The van der Waals surface area contributed by atoms with Crippen molar-refractivity contribution in [3.63, 3.8) is 0 Å². The number of nitrogens with one attached hydrogen (secondary N) is 5. The fraction of sp³-hybridized carbons (Fsp3) is 0.309. The van der Waals surface area contributed by atoms with Crippen LogP contribution in [0.3, 0.4) is 0 Å². The quantitative estimate of drug-likeness (QED) is 0.0216. The van der Waals surface area contributed by atoms with E-state index < -0.39 is 18.2 Å². The van der Waals surface area contributed by atoms with E-state index in [2.05, 4.69) is 117 Å².